The van der Waals surface area contributed by atoms with E-state index in [1.54, 1.807) is 0 Å². The van der Waals surface area contributed by atoms with Gasteiger partial charge in [-0.2, -0.15) is 0 Å². The van der Waals surface area contributed by atoms with Crippen LogP contribution in [0.5, 0.6) is 0 Å². The molecule has 86 valence electrons. The zero-order valence-electron chi connectivity index (χ0n) is 10.3. The van der Waals surface area contributed by atoms with E-state index in [1.807, 2.05) is 13.0 Å². The number of hydrogen-bond acceptors (Lipinski definition) is 2. The van der Waals surface area contributed by atoms with E-state index >= 15 is 0 Å². The maximum atomic E-state index is 5.58. The van der Waals surface area contributed by atoms with Gasteiger partial charge in [-0.05, 0) is 38.4 Å². The van der Waals surface area contributed by atoms with E-state index in [9.17, 15) is 0 Å². The molecule has 0 aliphatic rings. The average molecular weight is 209 g/mol. The molecule has 1 aromatic heterocycles. The fourth-order valence-electron chi connectivity index (χ4n) is 1.71. The molecule has 1 N–H and O–H groups in total. The SMILES string of the molecule is CCC(CC)CNC(C)c1ccc(C)o1. The maximum absolute atomic E-state index is 5.58. The monoisotopic (exact) mass is 209 g/mol. The normalized spacial score (nSPS) is 13.4. The van der Waals surface area contributed by atoms with Gasteiger partial charge < -0.3 is 9.73 Å². The van der Waals surface area contributed by atoms with Crippen LogP contribution in [0.15, 0.2) is 16.5 Å². The molecule has 0 spiro atoms. The van der Waals surface area contributed by atoms with Crippen molar-refractivity contribution >= 4 is 0 Å². The van der Waals surface area contributed by atoms with Crippen molar-refractivity contribution in [2.75, 3.05) is 6.54 Å². The molecule has 2 heteroatoms. The summed E-state index contributed by atoms with van der Waals surface area (Å²) in [6.45, 7) is 9.71. The molecule has 0 amide bonds. The number of hydrogen-bond donors (Lipinski definition) is 1. The molecule has 0 aliphatic heterocycles. The Bertz CT molecular complexity index is 276. The number of rotatable bonds is 6. The van der Waals surface area contributed by atoms with Crippen molar-refractivity contribution in [3.63, 3.8) is 0 Å². The quantitative estimate of drug-likeness (QED) is 0.773. The summed E-state index contributed by atoms with van der Waals surface area (Å²) >= 11 is 0. The van der Waals surface area contributed by atoms with Crippen LogP contribution in [0.1, 0.15) is 51.2 Å². The molecule has 0 bridgehead atoms. The average Bonchev–Trinajstić information content (AvgIpc) is 2.66. The van der Waals surface area contributed by atoms with E-state index < -0.39 is 0 Å². The maximum Gasteiger partial charge on any atom is 0.120 e. The lowest BCUT2D eigenvalue weighted by atomic mass is 10.0. The third-order valence-corrected chi connectivity index (χ3v) is 3.06. The van der Waals surface area contributed by atoms with Gasteiger partial charge in [-0.25, -0.2) is 0 Å². The Morgan fingerprint density at radius 2 is 1.93 bits per heavy atom. The molecule has 0 radical (unpaired) electrons. The van der Waals surface area contributed by atoms with Crippen molar-refractivity contribution in [3.05, 3.63) is 23.7 Å². The summed E-state index contributed by atoms with van der Waals surface area (Å²) in [6.07, 6.45) is 2.49. The third kappa shape index (κ3) is 3.71. The molecule has 0 fully saturated rings. The van der Waals surface area contributed by atoms with Gasteiger partial charge in [0.15, 0.2) is 0 Å². The van der Waals surface area contributed by atoms with Crippen LogP contribution in [0.4, 0.5) is 0 Å². The van der Waals surface area contributed by atoms with Gasteiger partial charge >= 0.3 is 0 Å². The van der Waals surface area contributed by atoms with Gasteiger partial charge in [0.05, 0.1) is 6.04 Å². The molecule has 0 aromatic carbocycles. The van der Waals surface area contributed by atoms with E-state index in [0.717, 1.165) is 24.0 Å². The predicted molar refractivity (Wildman–Crippen MR) is 63.9 cm³/mol. The zero-order valence-corrected chi connectivity index (χ0v) is 10.3. The second-order valence-electron chi connectivity index (χ2n) is 4.26. The van der Waals surface area contributed by atoms with Gasteiger partial charge in [0.2, 0.25) is 0 Å². The van der Waals surface area contributed by atoms with Gasteiger partial charge in [-0.1, -0.05) is 26.7 Å². The number of nitrogens with one attached hydrogen (secondary N) is 1. The van der Waals surface area contributed by atoms with Gasteiger partial charge in [-0.15, -0.1) is 0 Å². The first-order valence-electron chi connectivity index (χ1n) is 5.97. The van der Waals surface area contributed by atoms with Crippen molar-refractivity contribution in [3.8, 4) is 0 Å². The van der Waals surface area contributed by atoms with E-state index in [-0.39, 0.29) is 0 Å². The van der Waals surface area contributed by atoms with Gasteiger partial charge in [-0.3, -0.25) is 0 Å². The summed E-state index contributed by atoms with van der Waals surface area (Å²) in [4.78, 5) is 0. The lowest BCUT2D eigenvalue weighted by Gasteiger charge is -2.17. The topological polar surface area (TPSA) is 25.2 Å². The fourth-order valence-corrected chi connectivity index (χ4v) is 1.71. The van der Waals surface area contributed by atoms with E-state index in [1.165, 1.54) is 12.8 Å². The van der Waals surface area contributed by atoms with Crippen LogP contribution < -0.4 is 5.32 Å². The van der Waals surface area contributed by atoms with Crippen LogP contribution >= 0.6 is 0 Å². The summed E-state index contributed by atoms with van der Waals surface area (Å²) in [7, 11) is 0. The lowest BCUT2D eigenvalue weighted by molar-refractivity contribution is 0.376. The molecular weight excluding hydrogens is 186 g/mol. The van der Waals surface area contributed by atoms with Crippen molar-refractivity contribution in [1.82, 2.24) is 5.32 Å². The second kappa shape index (κ2) is 5.96. The minimum Gasteiger partial charge on any atom is -0.465 e. The summed E-state index contributed by atoms with van der Waals surface area (Å²) in [5, 5.41) is 3.52. The summed E-state index contributed by atoms with van der Waals surface area (Å²) in [5.41, 5.74) is 0. The Labute approximate surface area is 93.1 Å². The minimum atomic E-state index is 0.319. The van der Waals surface area contributed by atoms with Crippen LogP contribution in [0.25, 0.3) is 0 Å². The highest BCUT2D eigenvalue weighted by molar-refractivity contribution is 5.08. The van der Waals surface area contributed by atoms with Crippen LogP contribution in [0.2, 0.25) is 0 Å². The molecule has 0 saturated carbocycles. The molecule has 1 heterocycles. The molecule has 15 heavy (non-hydrogen) atoms. The van der Waals surface area contributed by atoms with Crippen molar-refractivity contribution in [1.29, 1.82) is 0 Å². The smallest absolute Gasteiger partial charge is 0.120 e. The molecule has 0 aliphatic carbocycles. The van der Waals surface area contributed by atoms with Crippen LogP contribution in [-0.2, 0) is 0 Å². The van der Waals surface area contributed by atoms with E-state index in [0.29, 0.717) is 6.04 Å². The Balaban J connectivity index is 2.39. The largest absolute Gasteiger partial charge is 0.465 e. The van der Waals surface area contributed by atoms with E-state index in [4.69, 9.17) is 4.42 Å². The van der Waals surface area contributed by atoms with Crippen molar-refractivity contribution in [2.45, 2.75) is 46.6 Å². The zero-order chi connectivity index (χ0) is 11.3. The molecule has 0 saturated heterocycles. The first-order chi connectivity index (χ1) is 7.17. The van der Waals surface area contributed by atoms with Gasteiger partial charge in [0.1, 0.15) is 11.5 Å². The summed E-state index contributed by atoms with van der Waals surface area (Å²) < 4.78 is 5.58. The Morgan fingerprint density at radius 1 is 1.27 bits per heavy atom. The first kappa shape index (κ1) is 12.3. The van der Waals surface area contributed by atoms with E-state index in [2.05, 4.69) is 32.2 Å². The third-order valence-electron chi connectivity index (χ3n) is 3.06. The van der Waals surface area contributed by atoms with Gasteiger partial charge in [0, 0.05) is 0 Å². The highest BCUT2D eigenvalue weighted by atomic mass is 16.3. The fraction of sp³-hybridized carbons (Fsp3) is 0.692. The summed E-state index contributed by atoms with van der Waals surface area (Å²) in [5.74, 6) is 2.81. The van der Waals surface area contributed by atoms with Crippen molar-refractivity contribution in [2.24, 2.45) is 5.92 Å². The lowest BCUT2D eigenvalue weighted by Crippen LogP contribution is -2.24. The highest BCUT2D eigenvalue weighted by Crippen LogP contribution is 2.16. The Hall–Kier alpha value is -0.760. The molecule has 1 unspecified atom stereocenters. The molecule has 1 atom stereocenters. The molecular formula is C13H23NO. The first-order valence-corrected chi connectivity index (χ1v) is 5.97. The molecule has 2 nitrogen and oxygen atoms in total. The minimum absolute atomic E-state index is 0.319. The van der Waals surface area contributed by atoms with Crippen LogP contribution in [0.3, 0.4) is 0 Å². The summed E-state index contributed by atoms with van der Waals surface area (Å²) in [6, 6.07) is 4.39. The number of furan rings is 1. The second-order valence-corrected chi connectivity index (χ2v) is 4.26. The van der Waals surface area contributed by atoms with Gasteiger partial charge in [0.25, 0.3) is 0 Å². The molecule has 1 rings (SSSR count). The van der Waals surface area contributed by atoms with Crippen molar-refractivity contribution < 1.29 is 4.42 Å². The Morgan fingerprint density at radius 3 is 2.40 bits per heavy atom. The number of aryl methyl sites for hydroxylation is 1. The standard InChI is InChI=1S/C13H23NO/c1-5-12(6-2)9-14-11(4)13-8-7-10(3)15-13/h7-8,11-12,14H,5-6,9H2,1-4H3. The highest BCUT2D eigenvalue weighted by Gasteiger charge is 2.10. The Kier molecular flexibility index (Phi) is 4.89. The van der Waals surface area contributed by atoms with Crippen LogP contribution in [0, 0.1) is 12.8 Å². The van der Waals surface area contributed by atoms with Crippen LogP contribution in [-0.4, -0.2) is 6.54 Å². The predicted octanol–water partition coefficient (Wildman–Crippen LogP) is 3.67. The molecule has 1 aromatic rings.